The minimum atomic E-state index is 0.0908. The normalized spacial score (nSPS) is 17.0. The summed E-state index contributed by atoms with van der Waals surface area (Å²) in [5.41, 5.74) is 1.02. The molecule has 4 nitrogen and oxygen atoms in total. The van der Waals surface area contributed by atoms with Gasteiger partial charge < -0.3 is 10.1 Å². The molecule has 1 aliphatic heterocycles. The number of likely N-dealkylation sites (tertiary alicyclic amines) is 1. The predicted molar refractivity (Wildman–Crippen MR) is 89.2 cm³/mol. The molecule has 1 aromatic carbocycles. The summed E-state index contributed by atoms with van der Waals surface area (Å²) in [4.78, 5) is 14.5. The molecule has 0 aromatic heterocycles. The summed E-state index contributed by atoms with van der Waals surface area (Å²) >= 11 is 0. The van der Waals surface area contributed by atoms with Crippen molar-refractivity contribution in [1.29, 1.82) is 0 Å². The van der Waals surface area contributed by atoms with E-state index in [0.29, 0.717) is 19.1 Å². The monoisotopic (exact) mass is 304 g/mol. The lowest BCUT2D eigenvalue weighted by molar-refractivity contribution is -0.120. The summed E-state index contributed by atoms with van der Waals surface area (Å²) in [5.74, 6) is 0.943. The van der Waals surface area contributed by atoms with Crippen LogP contribution in [-0.2, 0) is 11.2 Å². The average Bonchev–Trinajstić information content (AvgIpc) is 2.55. The van der Waals surface area contributed by atoms with Gasteiger partial charge in [-0.15, -0.1) is 0 Å². The van der Waals surface area contributed by atoms with Crippen LogP contribution in [0.2, 0.25) is 0 Å². The van der Waals surface area contributed by atoms with Crippen molar-refractivity contribution in [2.24, 2.45) is 0 Å². The van der Waals surface area contributed by atoms with Gasteiger partial charge in [0.2, 0.25) is 5.91 Å². The minimum Gasteiger partial charge on any atom is -0.494 e. The summed E-state index contributed by atoms with van der Waals surface area (Å²) in [5, 5.41) is 3.06. The fraction of sp³-hybridized carbons (Fsp3) is 0.611. The Labute approximate surface area is 133 Å². The van der Waals surface area contributed by atoms with Crippen LogP contribution in [0.4, 0.5) is 0 Å². The number of rotatable bonds is 7. The number of ether oxygens (including phenoxy) is 1. The molecule has 1 amide bonds. The van der Waals surface area contributed by atoms with E-state index in [4.69, 9.17) is 4.74 Å². The number of nitrogens with zero attached hydrogens (tertiary/aromatic N) is 1. The Bertz CT molecular complexity index is 453. The fourth-order valence-corrected chi connectivity index (χ4v) is 2.87. The second kappa shape index (κ2) is 8.79. The first-order chi connectivity index (χ1) is 10.7. The second-order valence-electron chi connectivity index (χ2n) is 6.00. The number of benzene rings is 1. The van der Waals surface area contributed by atoms with Crippen LogP contribution < -0.4 is 10.1 Å². The predicted octanol–water partition coefficient (Wildman–Crippen LogP) is 2.62. The molecule has 1 unspecified atom stereocenters. The van der Waals surface area contributed by atoms with E-state index < -0.39 is 0 Å². The molecule has 0 radical (unpaired) electrons. The molecule has 1 N–H and O–H groups in total. The number of hydrogen-bond donors (Lipinski definition) is 1. The lowest BCUT2D eigenvalue weighted by atomic mass is 10.1. The number of hydrogen-bond acceptors (Lipinski definition) is 3. The first-order valence-electron chi connectivity index (χ1n) is 8.41. The Balaban J connectivity index is 1.72. The topological polar surface area (TPSA) is 41.6 Å². The zero-order valence-corrected chi connectivity index (χ0v) is 13.8. The molecule has 1 aromatic rings. The van der Waals surface area contributed by atoms with Crippen LogP contribution in [-0.4, -0.2) is 43.1 Å². The summed E-state index contributed by atoms with van der Waals surface area (Å²) in [6, 6.07) is 8.17. The van der Waals surface area contributed by atoms with Crippen molar-refractivity contribution in [3.8, 4) is 5.75 Å². The molecule has 4 heteroatoms. The molecule has 1 aliphatic rings. The van der Waals surface area contributed by atoms with Gasteiger partial charge in [0.15, 0.2) is 0 Å². The van der Waals surface area contributed by atoms with E-state index in [-0.39, 0.29) is 5.91 Å². The average molecular weight is 304 g/mol. The molecule has 2 rings (SSSR count). The summed E-state index contributed by atoms with van der Waals surface area (Å²) in [6.45, 7) is 7.88. The van der Waals surface area contributed by atoms with Crippen LogP contribution in [0.3, 0.4) is 0 Å². The van der Waals surface area contributed by atoms with E-state index in [0.717, 1.165) is 30.9 Å². The van der Waals surface area contributed by atoms with Crippen molar-refractivity contribution >= 4 is 5.91 Å². The highest BCUT2D eigenvalue weighted by Crippen LogP contribution is 2.13. The minimum absolute atomic E-state index is 0.0908. The highest BCUT2D eigenvalue weighted by atomic mass is 16.5. The fourth-order valence-electron chi connectivity index (χ4n) is 2.87. The van der Waals surface area contributed by atoms with Crippen LogP contribution in [0, 0.1) is 0 Å². The van der Waals surface area contributed by atoms with E-state index >= 15 is 0 Å². The highest BCUT2D eigenvalue weighted by molar-refractivity contribution is 5.78. The van der Waals surface area contributed by atoms with E-state index in [9.17, 15) is 4.79 Å². The Morgan fingerprint density at radius 3 is 2.55 bits per heavy atom. The van der Waals surface area contributed by atoms with E-state index in [2.05, 4.69) is 17.1 Å². The molecule has 22 heavy (non-hydrogen) atoms. The van der Waals surface area contributed by atoms with Gasteiger partial charge in [-0.25, -0.2) is 0 Å². The molecule has 1 atom stereocenters. The van der Waals surface area contributed by atoms with Gasteiger partial charge in [0, 0.05) is 12.6 Å². The van der Waals surface area contributed by atoms with Gasteiger partial charge in [0.25, 0.3) is 0 Å². The van der Waals surface area contributed by atoms with Gasteiger partial charge in [-0.3, -0.25) is 9.69 Å². The molecule has 0 bridgehead atoms. The third-order valence-corrected chi connectivity index (χ3v) is 4.21. The third kappa shape index (κ3) is 5.34. The maximum Gasteiger partial charge on any atom is 0.224 e. The van der Waals surface area contributed by atoms with Crippen LogP contribution in [0.1, 0.15) is 38.7 Å². The molecule has 1 heterocycles. The van der Waals surface area contributed by atoms with Gasteiger partial charge >= 0.3 is 0 Å². The van der Waals surface area contributed by atoms with Crippen LogP contribution in [0.15, 0.2) is 24.3 Å². The Hall–Kier alpha value is -1.55. The Morgan fingerprint density at radius 1 is 1.23 bits per heavy atom. The first kappa shape index (κ1) is 16.8. The zero-order valence-electron chi connectivity index (χ0n) is 13.8. The molecule has 0 saturated carbocycles. The molecule has 0 spiro atoms. The van der Waals surface area contributed by atoms with Crippen molar-refractivity contribution in [2.75, 3.05) is 26.2 Å². The molecule has 1 saturated heterocycles. The number of carbonyl (C=O) groups excluding carboxylic acids is 1. The van der Waals surface area contributed by atoms with Gasteiger partial charge in [-0.2, -0.15) is 0 Å². The molecule has 0 aliphatic carbocycles. The maximum absolute atomic E-state index is 12.0. The third-order valence-electron chi connectivity index (χ3n) is 4.21. The maximum atomic E-state index is 12.0. The molecule has 122 valence electrons. The summed E-state index contributed by atoms with van der Waals surface area (Å²) in [7, 11) is 0. The lowest BCUT2D eigenvalue weighted by Crippen LogP contribution is -2.44. The van der Waals surface area contributed by atoms with Crippen molar-refractivity contribution in [2.45, 2.75) is 45.6 Å². The lowest BCUT2D eigenvalue weighted by Gasteiger charge is -2.32. The van der Waals surface area contributed by atoms with Crippen LogP contribution >= 0.6 is 0 Å². The number of nitrogens with one attached hydrogen (secondary N) is 1. The van der Waals surface area contributed by atoms with Crippen LogP contribution in [0.5, 0.6) is 5.75 Å². The Morgan fingerprint density at radius 2 is 1.91 bits per heavy atom. The number of amides is 1. The zero-order chi connectivity index (χ0) is 15.8. The Kier molecular flexibility index (Phi) is 6.72. The largest absolute Gasteiger partial charge is 0.494 e. The molecular formula is C18H28N2O2. The standard InChI is InChI=1S/C18H28N2O2/c1-3-22-17-9-7-16(8-10-17)13-18(21)19-14-15(2)20-11-5-4-6-12-20/h7-10,15H,3-6,11-14H2,1-2H3,(H,19,21). The quantitative estimate of drug-likeness (QED) is 0.842. The summed E-state index contributed by atoms with van der Waals surface area (Å²) in [6.07, 6.45) is 4.33. The van der Waals surface area contributed by atoms with E-state index in [1.54, 1.807) is 0 Å². The van der Waals surface area contributed by atoms with Crippen molar-refractivity contribution < 1.29 is 9.53 Å². The SMILES string of the molecule is CCOc1ccc(CC(=O)NCC(C)N2CCCCC2)cc1. The van der Waals surface area contributed by atoms with Crippen molar-refractivity contribution in [1.82, 2.24) is 10.2 Å². The number of piperidine rings is 1. The summed E-state index contributed by atoms with van der Waals surface area (Å²) < 4.78 is 5.41. The van der Waals surface area contributed by atoms with Crippen molar-refractivity contribution in [3.05, 3.63) is 29.8 Å². The number of carbonyl (C=O) groups is 1. The van der Waals surface area contributed by atoms with Crippen LogP contribution in [0.25, 0.3) is 0 Å². The molecular weight excluding hydrogens is 276 g/mol. The molecule has 1 fully saturated rings. The van der Waals surface area contributed by atoms with E-state index in [1.807, 2.05) is 31.2 Å². The second-order valence-corrected chi connectivity index (χ2v) is 6.00. The van der Waals surface area contributed by atoms with Gasteiger partial charge in [-0.1, -0.05) is 18.6 Å². The van der Waals surface area contributed by atoms with Gasteiger partial charge in [-0.05, 0) is 57.5 Å². The smallest absolute Gasteiger partial charge is 0.224 e. The first-order valence-corrected chi connectivity index (χ1v) is 8.41. The highest BCUT2D eigenvalue weighted by Gasteiger charge is 2.17. The van der Waals surface area contributed by atoms with E-state index in [1.165, 1.54) is 19.3 Å². The van der Waals surface area contributed by atoms with Gasteiger partial charge in [0.05, 0.1) is 13.0 Å². The van der Waals surface area contributed by atoms with Gasteiger partial charge in [0.1, 0.15) is 5.75 Å². The van der Waals surface area contributed by atoms with Crippen molar-refractivity contribution in [3.63, 3.8) is 0 Å².